The fourth-order valence-corrected chi connectivity index (χ4v) is 12.1. The number of fused-ring (bicyclic) bond motifs is 7. The standard InChI is InChI=1S/C51H59BN2SSi/c1-31-26-42-45-43(27-31)54(35-19-21-36(22-20-35)56(12)13)46-37-29-38-39(51(10,11)25-24-50(38,8)9)30-44(37)55-47(46)52(45)40-28-33(49(5,6)7)16-23-41(40)53(42)34-17-14-32(15-18-34)48(2,3)4/h14-23,26-30,56H,24-25H2,1-13H3. The first-order valence-corrected chi connectivity index (χ1v) is 24.7. The Morgan fingerprint density at radius 3 is 1.75 bits per heavy atom. The Kier molecular flexibility index (Phi) is 8.35. The van der Waals surface area contributed by atoms with E-state index in [1.807, 2.05) is 11.3 Å². The zero-order chi connectivity index (χ0) is 39.9. The summed E-state index contributed by atoms with van der Waals surface area (Å²) in [6, 6.07) is 36.6. The largest absolute Gasteiger partial charge is 0.311 e. The van der Waals surface area contributed by atoms with Crippen LogP contribution in [0.25, 0.3) is 10.1 Å². The average Bonchev–Trinajstić information content (AvgIpc) is 3.50. The van der Waals surface area contributed by atoms with Crippen LogP contribution in [0.1, 0.15) is 110 Å². The molecule has 9 rings (SSSR count). The van der Waals surface area contributed by atoms with Crippen molar-refractivity contribution >= 4 is 91.9 Å². The number of hydrogen-bond donors (Lipinski definition) is 0. The van der Waals surface area contributed by atoms with Gasteiger partial charge in [0.15, 0.2) is 0 Å². The molecule has 0 amide bonds. The summed E-state index contributed by atoms with van der Waals surface area (Å²) >= 11 is 2.05. The third-order valence-corrected chi connectivity index (χ3v) is 16.4. The molecule has 286 valence electrons. The molecular weight excluding hydrogens is 712 g/mol. The van der Waals surface area contributed by atoms with Crippen LogP contribution < -0.4 is 30.7 Å². The topological polar surface area (TPSA) is 6.48 Å². The lowest BCUT2D eigenvalue weighted by Crippen LogP contribution is -2.60. The Hall–Kier alpha value is -4.06. The van der Waals surface area contributed by atoms with E-state index in [1.54, 1.807) is 0 Å². The first-order valence-electron chi connectivity index (χ1n) is 21.0. The second-order valence-corrected chi connectivity index (χ2v) is 24.9. The molecule has 0 saturated heterocycles. The lowest BCUT2D eigenvalue weighted by molar-refractivity contribution is 0.332. The van der Waals surface area contributed by atoms with Crippen LogP contribution in [-0.2, 0) is 21.7 Å². The van der Waals surface area contributed by atoms with Crippen molar-refractivity contribution in [1.29, 1.82) is 0 Å². The van der Waals surface area contributed by atoms with E-state index in [9.17, 15) is 0 Å². The molecule has 0 fully saturated rings. The lowest BCUT2D eigenvalue weighted by atomic mass is 9.36. The zero-order valence-corrected chi connectivity index (χ0v) is 38.0. The Balaban J connectivity index is 1.39. The maximum absolute atomic E-state index is 2.66. The molecule has 6 aromatic rings. The fraction of sp³-hybridized carbons (Fsp3) is 0.373. The van der Waals surface area contributed by atoms with Gasteiger partial charge in [0.2, 0.25) is 0 Å². The SMILES string of the molecule is Cc1cc2c3c(c1)N(c1ccc([SiH](C)C)cc1)c1c(sc4cc5c(cc14)C(C)(C)CCC5(C)C)B3c1cc(C(C)(C)C)ccc1N2c1ccc(C(C)(C)C)cc1. The number of hydrogen-bond acceptors (Lipinski definition) is 3. The summed E-state index contributed by atoms with van der Waals surface area (Å²) in [6.07, 6.45) is 2.42. The lowest BCUT2D eigenvalue weighted by Gasteiger charge is -2.44. The van der Waals surface area contributed by atoms with E-state index in [0.29, 0.717) is 0 Å². The van der Waals surface area contributed by atoms with Gasteiger partial charge < -0.3 is 9.80 Å². The molecule has 0 spiro atoms. The second kappa shape index (κ2) is 12.5. The van der Waals surface area contributed by atoms with Gasteiger partial charge in [0.05, 0.1) is 14.5 Å². The molecule has 1 aliphatic carbocycles. The maximum atomic E-state index is 2.66. The van der Waals surface area contributed by atoms with Crippen LogP contribution in [-0.4, -0.2) is 15.5 Å². The monoisotopic (exact) mass is 770 g/mol. The van der Waals surface area contributed by atoms with Gasteiger partial charge in [-0.15, -0.1) is 11.3 Å². The van der Waals surface area contributed by atoms with Crippen molar-refractivity contribution in [3.05, 3.63) is 119 Å². The third kappa shape index (κ3) is 5.77. The molecule has 0 N–H and O–H groups in total. The van der Waals surface area contributed by atoms with Gasteiger partial charge in [-0.25, -0.2) is 0 Å². The van der Waals surface area contributed by atoms with Crippen molar-refractivity contribution in [1.82, 2.24) is 0 Å². The van der Waals surface area contributed by atoms with E-state index in [0.717, 1.165) is 0 Å². The first-order chi connectivity index (χ1) is 26.2. The van der Waals surface area contributed by atoms with Crippen molar-refractivity contribution in [2.75, 3.05) is 9.80 Å². The number of aryl methyl sites for hydroxylation is 1. The van der Waals surface area contributed by atoms with Crippen LogP contribution in [0.5, 0.6) is 0 Å². The Bertz CT molecular complexity index is 2540. The van der Waals surface area contributed by atoms with Crippen LogP contribution in [0.4, 0.5) is 34.1 Å². The van der Waals surface area contributed by atoms with Crippen molar-refractivity contribution in [3.63, 3.8) is 0 Å². The van der Waals surface area contributed by atoms with Gasteiger partial charge in [-0.05, 0) is 135 Å². The molecule has 0 unspecified atom stereocenters. The summed E-state index contributed by atoms with van der Waals surface area (Å²) in [4.78, 5) is 5.24. The Labute approximate surface area is 342 Å². The van der Waals surface area contributed by atoms with Gasteiger partial charge >= 0.3 is 0 Å². The number of nitrogens with zero attached hydrogens (tertiary/aromatic N) is 2. The smallest absolute Gasteiger partial charge is 0.264 e. The Morgan fingerprint density at radius 1 is 0.625 bits per heavy atom. The molecular formula is C51H59BN2SSi. The summed E-state index contributed by atoms with van der Waals surface area (Å²) in [7, 11) is -0.957. The first kappa shape index (κ1) is 37.5. The fourth-order valence-electron chi connectivity index (χ4n) is 9.81. The highest BCUT2D eigenvalue weighted by Gasteiger charge is 2.47. The van der Waals surface area contributed by atoms with Crippen LogP contribution in [0, 0.1) is 6.92 Å². The van der Waals surface area contributed by atoms with E-state index in [4.69, 9.17) is 0 Å². The van der Waals surface area contributed by atoms with Gasteiger partial charge in [0, 0.05) is 43.3 Å². The number of anilines is 6. The molecule has 5 aromatic carbocycles. The number of thiophene rings is 1. The van der Waals surface area contributed by atoms with E-state index in [-0.39, 0.29) is 28.4 Å². The summed E-state index contributed by atoms with van der Waals surface area (Å²) in [5.74, 6) is 0. The second-order valence-electron chi connectivity index (χ2n) is 20.9. The van der Waals surface area contributed by atoms with Crippen LogP contribution >= 0.6 is 11.3 Å². The van der Waals surface area contributed by atoms with Gasteiger partial charge in [0.1, 0.15) is 0 Å². The number of benzene rings is 5. The van der Waals surface area contributed by atoms with Gasteiger partial charge in [-0.1, -0.05) is 124 Å². The minimum atomic E-state index is -0.957. The van der Waals surface area contributed by atoms with Crippen molar-refractivity contribution in [3.8, 4) is 0 Å². The van der Waals surface area contributed by atoms with Crippen molar-refractivity contribution < 1.29 is 0 Å². The van der Waals surface area contributed by atoms with Crippen LogP contribution in [0.3, 0.4) is 0 Å². The van der Waals surface area contributed by atoms with Crippen LogP contribution in [0.2, 0.25) is 13.1 Å². The highest BCUT2D eigenvalue weighted by molar-refractivity contribution is 7.33. The minimum Gasteiger partial charge on any atom is -0.311 e. The summed E-state index contributed by atoms with van der Waals surface area (Å²) in [6.45, 7) is 31.1. The Morgan fingerprint density at radius 2 is 1.16 bits per heavy atom. The van der Waals surface area contributed by atoms with Crippen molar-refractivity contribution in [2.45, 2.75) is 124 Å². The normalized spacial score (nSPS) is 16.9. The molecule has 2 aliphatic heterocycles. The predicted octanol–water partition coefficient (Wildman–Crippen LogP) is 11.9. The van der Waals surface area contributed by atoms with Gasteiger partial charge in [-0.2, -0.15) is 0 Å². The zero-order valence-electron chi connectivity index (χ0n) is 36.0. The van der Waals surface area contributed by atoms with Gasteiger partial charge in [-0.3, -0.25) is 0 Å². The summed E-state index contributed by atoms with van der Waals surface area (Å²) in [5, 5.41) is 2.91. The molecule has 56 heavy (non-hydrogen) atoms. The molecule has 0 radical (unpaired) electrons. The molecule has 1 aromatic heterocycles. The van der Waals surface area contributed by atoms with E-state index in [2.05, 4.69) is 190 Å². The predicted molar refractivity (Wildman–Crippen MR) is 252 cm³/mol. The molecule has 3 heterocycles. The molecule has 2 nitrogen and oxygen atoms in total. The van der Waals surface area contributed by atoms with E-state index < -0.39 is 8.80 Å². The molecule has 0 atom stereocenters. The summed E-state index contributed by atoms with van der Waals surface area (Å²) < 4.78 is 2.88. The molecule has 0 bridgehead atoms. The maximum Gasteiger partial charge on any atom is 0.264 e. The quantitative estimate of drug-likeness (QED) is 0.165. The van der Waals surface area contributed by atoms with Crippen LogP contribution in [0.15, 0.2) is 91.0 Å². The highest BCUT2D eigenvalue weighted by Crippen LogP contribution is 2.52. The molecule has 0 saturated carbocycles. The average molecular weight is 771 g/mol. The third-order valence-electron chi connectivity index (χ3n) is 13.5. The molecule has 3 aliphatic rings. The highest BCUT2D eigenvalue weighted by atomic mass is 32.1. The van der Waals surface area contributed by atoms with E-state index >= 15 is 0 Å². The summed E-state index contributed by atoms with van der Waals surface area (Å²) in [5.41, 5.74) is 18.0. The van der Waals surface area contributed by atoms with Gasteiger partial charge in [0.25, 0.3) is 6.71 Å². The minimum absolute atomic E-state index is 0.0198. The number of rotatable bonds is 3. The molecule has 5 heteroatoms. The van der Waals surface area contributed by atoms with Crippen molar-refractivity contribution in [2.24, 2.45) is 0 Å². The van der Waals surface area contributed by atoms with E-state index in [1.165, 1.54) is 106 Å².